The number of allylic oxidation sites excluding steroid dienone is 2. The molecule has 3 aromatic rings. The van der Waals surface area contributed by atoms with Crippen molar-refractivity contribution in [3.05, 3.63) is 74.8 Å². The molecular weight excluding hydrogens is 466 g/mol. The van der Waals surface area contributed by atoms with Crippen LogP contribution < -0.4 is 10.1 Å². The minimum atomic E-state index is -0.523. The van der Waals surface area contributed by atoms with Crippen LogP contribution in [0, 0.1) is 6.92 Å². The number of fused-ring (bicyclic) bond motifs is 1. The second-order valence-electron chi connectivity index (χ2n) is 8.38. The molecule has 0 saturated heterocycles. The molecule has 1 aliphatic rings. The number of carbonyl (C=O) groups is 2. The molecule has 1 amide bonds. The number of hydrogen-bond acceptors (Lipinski definition) is 8. The first kappa shape index (κ1) is 24.4. The van der Waals surface area contributed by atoms with Crippen molar-refractivity contribution >= 4 is 28.3 Å². The summed E-state index contributed by atoms with van der Waals surface area (Å²) < 4.78 is 10.6. The van der Waals surface area contributed by atoms with Crippen LogP contribution in [0.2, 0.25) is 0 Å². The van der Waals surface area contributed by atoms with Crippen LogP contribution in [-0.4, -0.2) is 34.3 Å². The normalized spacial score (nSPS) is 12.9. The molecule has 4 rings (SSSR count). The van der Waals surface area contributed by atoms with Crippen LogP contribution in [0.15, 0.2) is 42.0 Å². The van der Waals surface area contributed by atoms with Crippen molar-refractivity contribution in [3.8, 4) is 11.5 Å². The highest BCUT2D eigenvalue weighted by atomic mass is 32.1. The molecule has 1 aromatic heterocycles. The van der Waals surface area contributed by atoms with E-state index < -0.39 is 5.97 Å². The number of aromatic nitrogens is 2. The van der Waals surface area contributed by atoms with Gasteiger partial charge in [-0.05, 0) is 37.8 Å². The Morgan fingerprint density at radius 1 is 1.26 bits per heavy atom. The Hall–Kier alpha value is -3.72. The number of anilines is 1. The molecule has 0 spiro atoms. The second-order valence-corrected chi connectivity index (χ2v) is 9.44. The van der Waals surface area contributed by atoms with Gasteiger partial charge < -0.3 is 19.9 Å². The highest BCUT2D eigenvalue weighted by Gasteiger charge is 2.31. The number of benzene rings is 2. The van der Waals surface area contributed by atoms with Gasteiger partial charge in [-0.15, -0.1) is 10.2 Å². The van der Waals surface area contributed by atoms with Crippen molar-refractivity contribution < 1.29 is 24.2 Å². The first-order chi connectivity index (χ1) is 16.9. The zero-order chi connectivity index (χ0) is 24.9. The van der Waals surface area contributed by atoms with E-state index in [-0.39, 0.29) is 30.2 Å². The number of carbonyl (C=O) groups excluding carboxylic acids is 2. The van der Waals surface area contributed by atoms with Crippen LogP contribution in [0.1, 0.15) is 57.4 Å². The fraction of sp³-hybridized carbons (Fsp3) is 0.308. The number of esters is 1. The Kier molecular flexibility index (Phi) is 7.45. The van der Waals surface area contributed by atoms with Crippen LogP contribution in [-0.2, 0) is 29.0 Å². The number of methoxy groups -OCH3 is 1. The number of cyclic esters (lactones) is 1. The van der Waals surface area contributed by atoms with E-state index in [9.17, 15) is 14.7 Å². The number of phenols is 1. The van der Waals surface area contributed by atoms with Gasteiger partial charge >= 0.3 is 5.97 Å². The summed E-state index contributed by atoms with van der Waals surface area (Å²) in [4.78, 5) is 24.5. The SMILES string of the molecule is COc1c(C)c2c(c(O)c1C/C=C(\C)CCC(=O)Nc1nnc(Cc3ccccc3)s1)C(=O)OC2. The summed E-state index contributed by atoms with van der Waals surface area (Å²) in [5.74, 6) is -0.222. The van der Waals surface area contributed by atoms with Crippen molar-refractivity contribution in [2.75, 3.05) is 12.4 Å². The Morgan fingerprint density at radius 2 is 2.03 bits per heavy atom. The maximum Gasteiger partial charge on any atom is 0.342 e. The lowest BCUT2D eigenvalue weighted by Gasteiger charge is -2.15. The Labute approximate surface area is 207 Å². The average Bonchev–Trinajstić information content (AvgIpc) is 3.46. The fourth-order valence-corrected chi connectivity index (χ4v) is 4.84. The molecule has 0 atom stereocenters. The molecule has 9 heteroatoms. The summed E-state index contributed by atoms with van der Waals surface area (Å²) in [6.07, 6.45) is 3.79. The van der Waals surface area contributed by atoms with Crippen LogP contribution in [0.4, 0.5) is 5.13 Å². The third-order valence-electron chi connectivity index (χ3n) is 5.96. The van der Waals surface area contributed by atoms with E-state index in [1.54, 1.807) is 0 Å². The summed E-state index contributed by atoms with van der Waals surface area (Å²) >= 11 is 1.37. The second kappa shape index (κ2) is 10.7. The van der Waals surface area contributed by atoms with Gasteiger partial charge in [0, 0.05) is 24.0 Å². The summed E-state index contributed by atoms with van der Waals surface area (Å²) in [5, 5.41) is 23.1. The maximum atomic E-state index is 12.4. The van der Waals surface area contributed by atoms with Crippen molar-refractivity contribution in [2.24, 2.45) is 0 Å². The van der Waals surface area contributed by atoms with Gasteiger partial charge in [-0.2, -0.15) is 0 Å². The number of hydrogen-bond donors (Lipinski definition) is 2. The molecular formula is C26H27N3O5S. The van der Waals surface area contributed by atoms with Gasteiger partial charge in [0.1, 0.15) is 28.7 Å². The monoisotopic (exact) mass is 493 g/mol. The predicted octanol–water partition coefficient (Wildman–Crippen LogP) is 4.73. The Bertz CT molecular complexity index is 1280. The molecule has 1 aliphatic heterocycles. The van der Waals surface area contributed by atoms with Crippen LogP contribution in [0.5, 0.6) is 11.5 Å². The molecule has 2 N–H and O–H groups in total. The topological polar surface area (TPSA) is 111 Å². The largest absolute Gasteiger partial charge is 0.507 e. The molecule has 2 heterocycles. The van der Waals surface area contributed by atoms with Crippen LogP contribution in [0.3, 0.4) is 0 Å². The van der Waals surface area contributed by atoms with E-state index >= 15 is 0 Å². The van der Waals surface area contributed by atoms with E-state index in [1.165, 1.54) is 18.4 Å². The van der Waals surface area contributed by atoms with E-state index in [0.717, 1.165) is 21.7 Å². The van der Waals surface area contributed by atoms with E-state index in [1.807, 2.05) is 50.3 Å². The number of amides is 1. The zero-order valence-electron chi connectivity index (χ0n) is 19.9. The average molecular weight is 494 g/mol. The number of ether oxygens (including phenoxy) is 2. The molecule has 0 aliphatic carbocycles. The Morgan fingerprint density at radius 3 is 2.77 bits per heavy atom. The fourth-order valence-electron chi connectivity index (χ4n) is 4.04. The van der Waals surface area contributed by atoms with E-state index in [4.69, 9.17) is 9.47 Å². The lowest BCUT2D eigenvalue weighted by molar-refractivity contribution is -0.116. The molecule has 35 heavy (non-hydrogen) atoms. The first-order valence-electron chi connectivity index (χ1n) is 11.3. The molecule has 8 nitrogen and oxygen atoms in total. The number of aromatic hydroxyl groups is 1. The van der Waals surface area contributed by atoms with Gasteiger partial charge in [-0.25, -0.2) is 4.79 Å². The van der Waals surface area contributed by atoms with Gasteiger partial charge in [0.15, 0.2) is 0 Å². The van der Waals surface area contributed by atoms with Crippen LogP contribution >= 0.6 is 11.3 Å². The highest BCUT2D eigenvalue weighted by Crippen LogP contribution is 2.42. The van der Waals surface area contributed by atoms with Gasteiger partial charge in [0.05, 0.1) is 7.11 Å². The number of nitrogens with one attached hydrogen (secondary N) is 1. The van der Waals surface area contributed by atoms with Gasteiger partial charge in [-0.1, -0.05) is 53.3 Å². The molecule has 0 bridgehead atoms. The minimum absolute atomic E-state index is 0.102. The van der Waals surface area contributed by atoms with Gasteiger partial charge in [0.25, 0.3) is 0 Å². The van der Waals surface area contributed by atoms with Crippen LogP contribution in [0.25, 0.3) is 0 Å². The molecule has 182 valence electrons. The van der Waals surface area contributed by atoms with Crippen molar-refractivity contribution in [1.29, 1.82) is 0 Å². The first-order valence-corrected chi connectivity index (χ1v) is 12.1. The Balaban J connectivity index is 1.34. The third kappa shape index (κ3) is 5.51. The zero-order valence-corrected chi connectivity index (χ0v) is 20.7. The number of rotatable bonds is 9. The maximum absolute atomic E-state index is 12.4. The molecule has 0 radical (unpaired) electrons. The third-order valence-corrected chi connectivity index (χ3v) is 6.80. The standard InChI is InChI=1S/C26H27N3O5S/c1-15(9-11-18-23(31)22-19(14-34-25(22)32)16(2)24(18)33-3)10-12-20(30)27-26-29-28-21(35-26)13-17-7-5-4-6-8-17/h4-9,31H,10-14H2,1-3H3,(H,27,29,30)/b15-9+. The molecule has 2 aromatic carbocycles. The lowest BCUT2D eigenvalue weighted by Crippen LogP contribution is -2.11. The number of phenolic OH excluding ortho intramolecular Hbond substituents is 1. The predicted molar refractivity (Wildman–Crippen MR) is 133 cm³/mol. The van der Waals surface area contributed by atoms with Crippen molar-refractivity contribution in [1.82, 2.24) is 10.2 Å². The highest BCUT2D eigenvalue weighted by molar-refractivity contribution is 7.15. The van der Waals surface area contributed by atoms with Crippen molar-refractivity contribution in [3.63, 3.8) is 0 Å². The summed E-state index contributed by atoms with van der Waals surface area (Å²) in [6, 6.07) is 9.98. The summed E-state index contributed by atoms with van der Waals surface area (Å²) in [7, 11) is 1.54. The molecule has 0 fully saturated rings. The quantitative estimate of drug-likeness (QED) is 0.327. The number of nitrogens with zero attached hydrogens (tertiary/aromatic N) is 2. The summed E-state index contributed by atoms with van der Waals surface area (Å²) in [5.41, 5.74) is 4.31. The van der Waals surface area contributed by atoms with Crippen molar-refractivity contribution in [2.45, 2.75) is 46.1 Å². The van der Waals surface area contributed by atoms with Gasteiger partial charge in [-0.3, -0.25) is 4.79 Å². The molecule has 0 unspecified atom stereocenters. The smallest absolute Gasteiger partial charge is 0.342 e. The summed E-state index contributed by atoms with van der Waals surface area (Å²) in [6.45, 7) is 3.91. The van der Waals surface area contributed by atoms with E-state index in [2.05, 4.69) is 15.5 Å². The van der Waals surface area contributed by atoms with Gasteiger partial charge in [0.2, 0.25) is 11.0 Å². The van der Waals surface area contributed by atoms with E-state index in [0.29, 0.717) is 41.3 Å². The molecule has 0 saturated carbocycles. The minimum Gasteiger partial charge on any atom is -0.507 e. The lowest BCUT2D eigenvalue weighted by atomic mass is 9.94.